The zero-order valence-corrected chi connectivity index (χ0v) is 6.20. The van der Waals surface area contributed by atoms with E-state index in [1.165, 1.54) is 6.08 Å². The van der Waals surface area contributed by atoms with Crippen LogP contribution < -0.4 is 5.73 Å². The third-order valence-corrected chi connectivity index (χ3v) is 1.63. The second-order valence-electron chi connectivity index (χ2n) is 2.48. The molecule has 11 heavy (non-hydrogen) atoms. The molecular formula is C8H9NO2. The number of ketones is 1. The van der Waals surface area contributed by atoms with Crippen LogP contribution in [0.3, 0.4) is 0 Å². The van der Waals surface area contributed by atoms with E-state index in [0.29, 0.717) is 5.57 Å². The monoisotopic (exact) mass is 151 g/mol. The number of Topliss-reactive ketones (excluding diaryl/α,β-unsaturated/α-hetero) is 1. The fraction of sp³-hybridized carbons (Fsp3) is 0.250. The number of primary amides is 1. The van der Waals surface area contributed by atoms with Crippen molar-refractivity contribution in [1.82, 2.24) is 0 Å². The van der Waals surface area contributed by atoms with Crippen molar-refractivity contribution in [3.8, 4) is 0 Å². The molecule has 0 fully saturated rings. The lowest BCUT2D eigenvalue weighted by molar-refractivity contribution is -0.128. The van der Waals surface area contributed by atoms with Gasteiger partial charge in [-0.05, 0) is 12.5 Å². The lowest BCUT2D eigenvalue weighted by Gasteiger charge is -2.10. The van der Waals surface area contributed by atoms with Gasteiger partial charge in [0.25, 0.3) is 0 Å². The average molecular weight is 151 g/mol. The molecule has 3 nitrogen and oxygen atoms in total. The number of nitrogens with two attached hydrogens (primary N) is 1. The first-order valence-electron chi connectivity index (χ1n) is 3.31. The predicted molar refractivity (Wildman–Crippen MR) is 40.6 cm³/mol. The Kier molecular flexibility index (Phi) is 1.89. The van der Waals surface area contributed by atoms with E-state index < -0.39 is 11.8 Å². The minimum absolute atomic E-state index is 0.194. The number of amides is 1. The molecule has 0 aliphatic heterocycles. The Balaban J connectivity index is 2.90. The SMILES string of the molecule is CC1=CC=CC(C(N)=O)C1=O. The molecule has 1 unspecified atom stereocenters. The van der Waals surface area contributed by atoms with Crippen molar-refractivity contribution in [3.63, 3.8) is 0 Å². The molecule has 0 aromatic heterocycles. The van der Waals surface area contributed by atoms with Crippen molar-refractivity contribution in [1.29, 1.82) is 0 Å². The normalized spacial score (nSPS) is 23.2. The summed E-state index contributed by atoms with van der Waals surface area (Å²) >= 11 is 0. The molecule has 1 aliphatic rings. The van der Waals surface area contributed by atoms with E-state index in [1.54, 1.807) is 19.1 Å². The first-order valence-corrected chi connectivity index (χ1v) is 3.31. The minimum atomic E-state index is -0.750. The maximum Gasteiger partial charge on any atom is 0.232 e. The summed E-state index contributed by atoms with van der Waals surface area (Å²) in [4.78, 5) is 21.8. The van der Waals surface area contributed by atoms with E-state index in [4.69, 9.17) is 5.73 Å². The molecule has 1 amide bonds. The van der Waals surface area contributed by atoms with E-state index in [9.17, 15) is 9.59 Å². The Hall–Kier alpha value is -1.38. The molecule has 0 saturated heterocycles. The first kappa shape index (κ1) is 7.72. The van der Waals surface area contributed by atoms with Gasteiger partial charge in [-0.3, -0.25) is 9.59 Å². The quantitative estimate of drug-likeness (QED) is 0.543. The Labute approximate surface area is 64.6 Å². The van der Waals surface area contributed by atoms with Crippen LogP contribution in [0.4, 0.5) is 0 Å². The maximum atomic E-state index is 11.1. The summed E-state index contributed by atoms with van der Waals surface area (Å²) in [5.41, 5.74) is 5.56. The van der Waals surface area contributed by atoms with Crippen molar-refractivity contribution >= 4 is 11.7 Å². The van der Waals surface area contributed by atoms with Gasteiger partial charge in [-0.1, -0.05) is 18.2 Å². The van der Waals surface area contributed by atoms with Gasteiger partial charge in [-0.2, -0.15) is 0 Å². The summed E-state index contributed by atoms with van der Waals surface area (Å²) in [7, 11) is 0. The standard InChI is InChI=1S/C8H9NO2/c1-5-3-2-4-6(7(5)10)8(9)11/h2-4,6H,1H3,(H2,9,11). The van der Waals surface area contributed by atoms with E-state index in [2.05, 4.69) is 0 Å². The largest absolute Gasteiger partial charge is 0.369 e. The lowest BCUT2D eigenvalue weighted by atomic mass is 9.93. The Morgan fingerprint density at radius 2 is 2.27 bits per heavy atom. The molecule has 0 bridgehead atoms. The van der Waals surface area contributed by atoms with Crippen LogP contribution in [0.1, 0.15) is 6.92 Å². The highest BCUT2D eigenvalue weighted by Gasteiger charge is 2.23. The molecule has 0 aromatic rings. The van der Waals surface area contributed by atoms with Crippen LogP contribution in [0.2, 0.25) is 0 Å². The van der Waals surface area contributed by atoms with E-state index >= 15 is 0 Å². The van der Waals surface area contributed by atoms with Gasteiger partial charge in [0.1, 0.15) is 5.92 Å². The first-order chi connectivity index (χ1) is 5.13. The van der Waals surface area contributed by atoms with Gasteiger partial charge in [-0.15, -0.1) is 0 Å². The maximum absolute atomic E-state index is 11.1. The van der Waals surface area contributed by atoms with Crippen LogP contribution >= 0.6 is 0 Å². The highest BCUT2D eigenvalue weighted by atomic mass is 16.2. The van der Waals surface area contributed by atoms with Crippen LogP contribution in [0, 0.1) is 5.92 Å². The second kappa shape index (κ2) is 2.70. The highest BCUT2D eigenvalue weighted by molar-refractivity contribution is 6.11. The lowest BCUT2D eigenvalue weighted by Crippen LogP contribution is -2.30. The van der Waals surface area contributed by atoms with Gasteiger partial charge < -0.3 is 5.73 Å². The third kappa shape index (κ3) is 1.37. The topological polar surface area (TPSA) is 60.2 Å². The second-order valence-corrected chi connectivity index (χ2v) is 2.48. The fourth-order valence-corrected chi connectivity index (χ4v) is 0.950. The molecule has 1 aliphatic carbocycles. The van der Waals surface area contributed by atoms with E-state index in [0.717, 1.165) is 0 Å². The molecule has 0 spiro atoms. The molecule has 2 N–H and O–H groups in total. The summed E-state index contributed by atoms with van der Waals surface area (Å²) in [5, 5.41) is 0. The van der Waals surface area contributed by atoms with Crippen LogP contribution in [0.15, 0.2) is 23.8 Å². The summed E-state index contributed by atoms with van der Waals surface area (Å²) in [6, 6.07) is 0. The molecular weight excluding hydrogens is 142 g/mol. The molecule has 1 atom stereocenters. The number of hydrogen-bond donors (Lipinski definition) is 1. The van der Waals surface area contributed by atoms with Crippen LogP contribution in [0.5, 0.6) is 0 Å². The van der Waals surface area contributed by atoms with E-state index in [-0.39, 0.29) is 5.78 Å². The van der Waals surface area contributed by atoms with Crippen molar-refractivity contribution in [3.05, 3.63) is 23.8 Å². The van der Waals surface area contributed by atoms with Gasteiger partial charge in [0.05, 0.1) is 0 Å². The molecule has 58 valence electrons. The van der Waals surface area contributed by atoms with Gasteiger partial charge in [0, 0.05) is 0 Å². The smallest absolute Gasteiger partial charge is 0.232 e. The number of hydrogen-bond acceptors (Lipinski definition) is 2. The number of rotatable bonds is 1. The summed E-state index contributed by atoms with van der Waals surface area (Å²) < 4.78 is 0. The van der Waals surface area contributed by atoms with Crippen LogP contribution in [-0.2, 0) is 9.59 Å². The van der Waals surface area contributed by atoms with Crippen molar-refractivity contribution in [2.75, 3.05) is 0 Å². The molecule has 0 saturated carbocycles. The summed E-state index contributed by atoms with van der Waals surface area (Å²) in [5.74, 6) is -1.53. The van der Waals surface area contributed by atoms with Crippen molar-refractivity contribution < 1.29 is 9.59 Å². The number of carbonyl (C=O) groups excluding carboxylic acids is 2. The Bertz CT molecular complexity index is 263. The predicted octanol–water partition coefficient (Wildman–Crippen LogP) is 0.173. The van der Waals surface area contributed by atoms with Crippen LogP contribution in [-0.4, -0.2) is 11.7 Å². The zero-order chi connectivity index (χ0) is 8.43. The van der Waals surface area contributed by atoms with Crippen molar-refractivity contribution in [2.45, 2.75) is 6.92 Å². The average Bonchev–Trinajstić information content (AvgIpc) is 1.94. The van der Waals surface area contributed by atoms with Crippen molar-refractivity contribution in [2.24, 2.45) is 11.7 Å². The number of allylic oxidation sites excluding steroid dienone is 3. The van der Waals surface area contributed by atoms with Gasteiger partial charge in [-0.25, -0.2) is 0 Å². The van der Waals surface area contributed by atoms with Gasteiger partial charge in [0.2, 0.25) is 5.91 Å². The van der Waals surface area contributed by atoms with Crippen LogP contribution in [0.25, 0.3) is 0 Å². The fourth-order valence-electron chi connectivity index (χ4n) is 0.950. The summed E-state index contributed by atoms with van der Waals surface area (Å²) in [6.07, 6.45) is 4.85. The molecule has 0 radical (unpaired) electrons. The van der Waals surface area contributed by atoms with Gasteiger partial charge >= 0.3 is 0 Å². The van der Waals surface area contributed by atoms with Gasteiger partial charge in [0.15, 0.2) is 5.78 Å². The Morgan fingerprint density at radius 3 is 2.73 bits per heavy atom. The third-order valence-electron chi connectivity index (χ3n) is 1.63. The Morgan fingerprint density at radius 1 is 1.64 bits per heavy atom. The minimum Gasteiger partial charge on any atom is -0.369 e. The summed E-state index contributed by atoms with van der Waals surface area (Å²) in [6.45, 7) is 1.67. The molecule has 0 heterocycles. The van der Waals surface area contributed by atoms with E-state index in [1.807, 2.05) is 0 Å². The molecule has 3 heteroatoms. The molecule has 0 aromatic carbocycles. The zero-order valence-electron chi connectivity index (χ0n) is 6.20. The highest BCUT2D eigenvalue weighted by Crippen LogP contribution is 2.13. The number of carbonyl (C=O) groups is 2. The molecule has 1 rings (SSSR count).